The van der Waals surface area contributed by atoms with E-state index in [-0.39, 0.29) is 33.5 Å². The Bertz CT molecular complexity index is 2030. The minimum absolute atomic E-state index is 0.0943. The zero-order chi connectivity index (χ0) is 34.1. The van der Waals surface area contributed by atoms with E-state index in [4.69, 9.17) is 9.47 Å². The predicted octanol–water partition coefficient (Wildman–Crippen LogP) is 8.03. The molecule has 8 atom stereocenters. The number of benzene rings is 3. The van der Waals surface area contributed by atoms with Crippen molar-refractivity contribution in [2.75, 3.05) is 0 Å². The number of ether oxygens (including phenoxy) is 2. The third-order valence-corrected chi connectivity index (χ3v) is 15.7. The lowest BCUT2D eigenvalue weighted by Gasteiger charge is -2.64. The lowest BCUT2D eigenvalue weighted by atomic mass is 9.43. The molecule has 0 amide bonds. The first-order valence-electron chi connectivity index (χ1n) is 18.6. The van der Waals surface area contributed by atoms with Crippen LogP contribution in [0.2, 0.25) is 0 Å². The Morgan fingerprint density at radius 1 is 0.521 bits per heavy atom. The van der Waals surface area contributed by atoms with Crippen LogP contribution in [-0.2, 0) is 0 Å². The van der Waals surface area contributed by atoms with E-state index in [0.717, 1.165) is 75.3 Å². The van der Waals surface area contributed by atoms with E-state index in [2.05, 4.69) is 55.4 Å². The highest BCUT2D eigenvalue weighted by Crippen LogP contribution is 2.71. The first-order chi connectivity index (χ1) is 22.4. The SMILES string of the molecule is CC1(C)CCCC2(C)C1CCC1(C)Oc3cc(=O)c(=O)c4c5c6c(cc(=O)c(=O)c6c(c34)C12)OC1(C)CCC2C(C)(C)CCCC2(C)C51. The molecular formula is C42H50O6. The molecule has 0 saturated heterocycles. The van der Waals surface area contributed by atoms with Gasteiger partial charge >= 0.3 is 0 Å². The molecular weight excluding hydrogens is 600 g/mol. The molecule has 254 valence electrons. The molecule has 4 fully saturated rings. The van der Waals surface area contributed by atoms with Gasteiger partial charge in [0.15, 0.2) is 0 Å². The first-order valence-corrected chi connectivity index (χ1v) is 18.6. The molecule has 9 rings (SSSR count). The normalized spacial score (nSPS) is 40.2. The molecule has 2 aliphatic heterocycles. The summed E-state index contributed by atoms with van der Waals surface area (Å²) in [5, 5.41) is 2.08. The van der Waals surface area contributed by atoms with Crippen LogP contribution in [0.3, 0.4) is 0 Å². The summed E-state index contributed by atoms with van der Waals surface area (Å²) in [6.07, 6.45) is 9.84. The summed E-state index contributed by atoms with van der Waals surface area (Å²) >= 11 is 0. The van der Waals surface area contributed by atoms with Crippen molar-refractivity contribution in [2.45, 2.75) is 143 Å². The molecule has 6 heteroatoms. The van der Waals surface area contributed by atoms with E-state index < -0.39 is 32.9 Å². The Morgan fingerprint density at radius 2 is 0.896 bits per heavy atom. The van der Waals surface area contributed by atoms with Gasteiger partial charge in [-0.15, -0.1) is 0 Å². The summed E-state index contributed by atoms with van der Waals surface area (Å²) in [6, 6.07) is 2.76. The zero-order valence-electron chi connectivity index (χ0n) is 30.0. The first kappa shape index (κ1) is 31.0. The fourth-order valence-electron chi connectivity index (χ4n) is 14.3. The van der Waals surface area contributed by atoms with Gasteiger partial charge in [0.05, 0.1) is 0 Å². The van der Waals surface area contributed by atoms with Crippen LogP contribution in [0.5, 0.6) is 11.5 Å². The molecule has 3 aromatic carbocycles. The van der Waals surface area contributed by atoms with E-state index in [1.54, 1.807) is 0 Å². The van der Waals surface area contributed by atoms with Crippen LogP contribution < -0.4 is 31.2 Å². The van der Waals surface area contributed by atoms with E-state index in [9.17, 15) is 19.2 Å². The molecule has 0 N–H and O–H groups in total. The second-order valence-corrected chi connectivity index (χ2v) is 19.3. The maximum Gasteiger partial charge on any atom is 0.234 e. The molecule has 6 nitrogen and oxygen atoms in total. The smallest absolute Gasteiger partial charge is 0.234 e. The van der Waals surface area contributed by atoms with Gasteiger partial charge in [0, 0.05) is 45.5 Å². The highest BCUT2D eigenvalue weighted by Gasteiger charge is 2.65. The van der Waals surface area contributed by atoms with Crippen LogP contribution in [0, 0.1) is 33.5 Å². The third-order valence-electron chi connectivity index (χ3n) is 15.7. The Balaban J connectivity index is 1.49. The average Bonchev–Trinajstić information content (AvgIpc) is 2.96. The maximum atomic E-state index is 14.6. The summed E-state index contributed by atoms with van der Waals surface area (Å²) in [4.78, 5) is 56.8. The second kappa shape index (κ2) is 9.01. The highest BCUT2D eigenvalue weighted by molar-refractivity contribution is 6.12. The standard InChI is InChI=1S/C42H50O6/c1-37(2)13-9-15-39(5)25(37)11-17-41(7)35(39)31-27-23(47-41)19-22(44)34(46)30(27)32-28-24(20-21(43)33(45)29(28)31)48-42(8)18-12-26-38(3,4)14-10-16-40(26,6)36(32)42/h19-20,25-26,35-36H,9-18H2,1-8H3. The number of hydrogen-bond acceptors (Lipinski definition) is 6. The summed E-state index contributed by atoms with van der Waals surface area (Å²) in [6.45, 7) is 18.5. The fraction of sp³-hybridized carbons (Fsp3) is 0.667. The highest BCUT2D eigenvalue weighted by atomic mass is 16.5. The molecule has 3 aromatic rings. The lowest BCUT2D eigenvalue weighted by molar-refractivity contribution is -0.128. The largest absolute Gasteiger partial charge is 0.486 e. The average molecular weight is 651 g/mol. The van der Waals surface area contributed by atoms with Gasteiger partial charge in [-0.3, -0.25) is 19.2 Å². The van der Waals surface area contributed by atoms with Gasteiger partial charge in [0.25, 0.3) is 0 Å². The van der Waals surface area contributed by atoms with Crippen molar-refractivity contribution in [3.63, 3.8) is 0 Å². The van der Waals surface area contributed by atoms with Crippen molar-refractivity contribution in [3.8, 4) is 11.5 Å². The Hall–Kier alpha value is -3.02. The third kappa shape index (κ3) is 3.51. The summed E-state index contributed by atoms with van der Waals surface area (Å²) in [7, 11) is 0. The van der Waals surface area contributed by atoms with Crippen molar-refractivity contribution in [2.24, 2.45) is 33.5 Å². The summed E-state index contributed by atoms with van der Waals surface area (Å²) in [5.74, 6) is 1.09. The number of hydrogen-bond donors (Lipinski definition) is 0. The van der Waals surface area contributed by atoms with Crippen LogP contribution in [0.25, 0.3) is 21.5 Å². The fourth-order valence-corrected chi connectivity index (χ4v) is 14.3. The van der Waals surface area contributed by atoms with Crippen molar-refractivity contribution in [3.05, 3.63) is 64.2 Å². The van der Waals surface area contributed by atoms with Gasteiger partial charge in [-0.25, -0.2) is 0 Å². The molecule has 6 aliphatic rings. The topological polar surface area (TPSA) is 86.7 Å². The van der Waals surface area contributed by atoms with E-state index in [1.165, 1.54) is 12.1 Å². The van der Waals surface area contributed by atoms with Crippen LogP contribution >= 0.6 is 0 Å². The van der Waals surface area contributed by atoms with Crippen molar-refractivity contribution in [1.82, 2.24) is 0 Å². The minimum atomic E-state index is -0.704. The molecule has 4 saturated carbocycles. The zero-order valence-corrected chi connectivity index (χ0v) is 30.0. The van der Waals surface area contributed by atoms with Crippen molar-refractivity contribution in [1.29, 1.82) is 0 Å². The molecule has 4 aliphatic carbocycles. The molecule has 48 heavy (non-hydrogen) atoms. The van der Waals surface area contributed by atoms with Crippen LogP contribution in [0.4, 0.5) is 0 Å². The minimum Gasteiger partial charge on any atom is -0.486 e. The van der Waals surface area contributed by atoms with Crippen molar-refractivity contribution >= 4 is 21.5 Å². The Morgan fingerprint density at radius 3 is 1.27 bits per heavy atom. The van der Waals surface area contributed by atoms with E-state index in [1.807, 2.05) is 0 Å². The van der Waals surface area contributed by atoms with E-state index in [0.29, 0.717) is 44.9 Å². The van der Waals surface area contributed by atoms with Crippen molar-refractivity contribution < 1.29 is 9.47 Å². The summed E-state index contributed by atoms with van der Waals surface area (Å²) < 4.78 is 14.1. The van der Waals surface area contributed by atoms with Crippen LogP contribution in [-0.4, -0.2) is 11.2 Å². The van der Waals surface area contributed by atoms with Crippen LogP contribution in [0.15, 0.2) is 31.3 Å². The second-order valence-electron chi connectivity index (χ2n) is 19.3. The number of rotatable bonds is 0. The lowest BCUT2D eigenvalue weighted by Crippen LogP contribution is -2.60. The molecule has 0 aromatic heterocycles. The van der Waals surface area contributed by atoms with Gasteiger partial charge in [-0.2, -0.15) is 0 Å². The Labute approximate surface area is 282 Å². The monoisotopic (exact) mass is 650 g/mol. The van der Waals surface area contributed by atoms with Gasteiger partial charge < -0.3 is 9.47 Å². The molecule has 2 heterocycles. The molecule has 0 radical (unpaired) electrons. The molecule has 8 unspecified atom stereocenters. The Kier molecular flexibility index (Phi) is 5.82. The molecule has 0 bridgehead atoms. The maximum absolute atomic E-state index is 14.6. The number of fused-ring (bicyclic) bond motifs is 10. The van der Waals surface area contributed by atoms with Gasteiger partial charge in [0.1, 0.15) is 22.7 Å². The predicted molar refractivity (Wildman–Crippen MR) is 189 cm³/mol. The van der Waals surface area contributed by atoms with Gasteiger partial charge in [-0.05, 0) is 110 Å². The molecule has 0 spiro atoms. The quantitative estimate of drug-likeness (QED) is 0.181. The van der Waals surface area contributed by atoms with Gasteiger partial charge in [0.2, 0.25) is 21.7 Å². The van der Waals surface area contributed by atoms with Gasteiger partial charge in [-0.1, -0.05) is 54.4 Å². The summed E-state index contributed by atoms with van der Waals surface area (Å²) in [5.41, 5.74) is -2.34. The van der Waals surface area contributed by atoms with Crippen LogP contribution in [0.1, 0.15) is 143 Å². The van der Waals surface area contributed by atoms with E-state index >= 15 is 0 Å².